The van der Waals surface area contributed by atoms with Crippen LogP contribution >= 0.6 is 0 Å². The number of benzene rings is 1. The third-order valence-electron chi connectivity index (χ3n) is 3.90. The Morgan fingerprint density at radius 2 is 2.18 bits per heavy atom. The Bertz CT molecular complexity index is 547. The van der Waals surface area contributed by atoms with E-state index in [1.54, 1.807) is 14.0 Å². The predicted octanol–water partition coefficient (Wildman–Crippen LogP) is 1.91. The Morgan fingerprint density at radius 3 is 2.91 bits per heavy atom. The van der Waals surface area contributed by atoms with Gasteiger partial charge in [0.2, 0.25) is 0 Å². The van der Waals surface area contributed by atoms with Crippen LogP contribution in [-0.4, -0.2) is 48.8 Å². The number of aliphatic carboxylic acids is 1. The van der Waals surface area contributed by atoms with Gasteiger partial charge in [0.15, 0.2) is 0 Å². The van der Waals surface area contributed by atoms with Crippen LogP contribution in [0.4, 0.5) is 4.79 Å². The summed E-state index contributed by atoms with van der Waals surface area (Å²) in [6, 6.07) is 7.59. The van der Waals surface area contributed by atoms with Crippen molar-refractivity contribution >= 4 is 12.0 Å². The van der Waals surface area contributed by atoms with Crippen molar-refractivity contribution in [2.24, 2.45) is 5.92 Å². The van der Waals surface area contributed by atoms with Gasteiger partial charge < -0.3 is 20.1 Å². The molecule has 2 N–H and O–H groups in total. The van der Waals surface area contributed by atoms with E-state index in [-0.39, 0.29) is 18.5 Å². The summed E-state index contributed by atoms with van der Waals surface area (Å²) in [6.45, 7) is 2.93. The molecule has 22 heavy (non-hydrogen) atoms. The summed E-state index contributed by atoms with van der Waals surface area (Å²) in [5.74, 6) is -0.391. The number of para-hydroxylation sites is 1. The quantitative estimate of drug-likeness (QED) is 0.871. The van der Waals surface area contributed by atoms with Gasteiger partial charge in [0.1, 0.15) is 5.75 Å². The molecule has 2 unspecified atom stereocenters. The number of carbonyl (C=O) groups is 2. The highest BCUT2D eigenvalue weighted by molar-refractivity contribution is 5.75. The molecule has 1 heterocycles. The molecular weight excluding hydrogens is 284 g/mol. The Balaban J connectivity index is 1.88. The Hall–Kier alpha value is -2.24. The zero-order valence-corrected chi connectivity index (χ0v) is 12.9. The number of carboxylic acids is 1. The van der Waals surface area contributed by atoms with Crippen molar-refractivity contribution in [3.8, 4) is 5.75 Å². The van der Waals surface area contributed by atoms with E-state index < -0.39 is 11.9 Å². The molecule has 0 aromatic heterocycles. The van der Waals surface area contributed by atoms with Gasteiger partial charge in [-0.3, -0.25) is 4.79 Å². The van der Waals surface area contributed by atoms with Crippen molar-refractivity contribution in [1.29, 1.82) is 0 Å². The van der Waals surface area contributed by atoms with Crippen LogP contribution in [0.25, 0.3) is 0 Å². The maximum absolute atomic E-state index is 12.0. The first-order chi connectivity index (χ1) is 10.5. The van der Waals surface area contributed by atoms with Crippen LogP contribution in [0.5, 0.6) is 5.75 Å². The molecule has 1 aliphatic rings. The van der Waals surface area contributed by atoms with Gasteiger partial charge in [-0.15, -0.1) is 0 Å². The van der Waals surface area contributed by atoms with Gasteiger partial charge in [-0.2, -0.15) is 0 Å². The number of hydrogen-bond acceptors (Lipinski definition) is 3. The van der Waals surface area contributed by atoms with E-state index in [2.05, 4.69) is 5.32 Å². The molecule has 1 aromatic carbocycles. The minimum absolute atomic E-state index is 0.186. The van der Waals surface area contributed by atoms with Crippen molar-refractivity contribution in [3.05, 3.63) is 29.8 Å². The normalized spacial score (nSPS) is 17.8. The third-order valence-corrected chi connectivity index (χ3v) is 3.90. The SMILES string of the molecule is CC(CN(C)C(=O)NCC1CCOc2ccccc21)C(=O)O. The fourth-order valence-electron chi connectivity index (χ4n) is 2.55. The molecule has 0 saturated heterocycles. The number of fused-ring (bicyclic) bond motifs is 1. The van der Waals surface area contributed by atoms with Gasteiger partial charge in [-0.05, 0) is 18.1 Å². The summed E-state index contributed by atoms with van der Waals surface area (Å²) in [5, 5.41) is 11.8. The molecule has 6 nitrogen and oxygen atoms in total. The predicted molar refractivity (Wildman–Crippen MR) is 82.1 cm³/mol. The Morgan fingerprint density at radius 1 is 1.45 bits per heavy atom. The number of ether oxygens (including phenoxy) is 1. The first-order valence-electron chi connectivity index (χ1n) is 7.42. The minimum Gasteiger partial charge on any atom is -0.493 e. The fraction of sp³-hybridized carbons (Fsp3) is 0.500. The molecule has 0 radical (unpaired) electrons. The van der Waals surface area contributed by atoms with Gasteiger partial charge in [0, 0.05) is 26.1 Å². The van der Waals surface area contributed by atoms with Crippen LogP contribution < -0.4 is 10.1 Å². The number of amides is 2. The summed E-state index contributed by atoms with van der Waals surface area (Å²) < 4.78 is 5.60. The molecule has 2 atom stereocenters. The number of rotatable bonds is 5. The van der Waals surface area contributed by atoms with E-state index in [9.17, 15) is 9.59 Å². The number of nitrogens with one attached hydrogen (secondary N) is 1. The van der Waals surface area contributed by atoms with Crippen molar-refractivity contribution < 1.29 is 19.4 Å². The Labute approximate surface area is 130 Å². The van der Waals surface area contributed by atoms with Crippen molar-refractivity contribution in [2.45, 2.75) is 19.3 Å². The second-order valence-corrected chi connectivity index (χ2v) is 5.68. The Kier molecular flexibility index (Phi) is 5.25. The molecule has 6 heteroatoms. The second kappa shape index (κ2) is 7.15. The van der Waals surface area contributed by atoms with E-state index in [1.807, 2.05) is 24.3 Å². The molecule has 0 aliphatic carbocycles. The van der Waals surface area contributed by atoms with Crippen LogP contribution in [0.2, 0.25) is 0 Å². The van der Waals surface area contributed by atoms with Gasteiger partial charge in [0.05, 0.1) is 12.5 Å². The molecular formula is C16H22N2O4. The lowest BCUT2D eigenvalue weighted by atomic mass is 9.93. The first-order valence-corrected chi connectivity index (χ1v) is 7.42. The maximum atomic E-state index is 12.0. The lowest BCUT2D eigenvalue weighted by molar-refractivity contribution is -0.141. The molecule has 1 aromatic rings. The number of nitrogens with zero attached hydrogens (tertiary/aromatic N) is 1. The summed E-state index contributed by atoms with van der Waals surface area (Å²) in [5.41, 5.74) is 1.11. The van der Waals surface area contributed by atoms with Crippen molar-refractivity contribution in [2.75, 3.05) is 26.7 Å². The van der Waals surface area contributed by atoms with Crippen molar-refractivity contribution in [3.63, 3.8) is 0 Å². The largest absolute Gasteiger partial charge is 0.493 e. The van der Waals surface area contributed by atoms with E-state index in [0.717, 1.165) is 17.7 Å². The third kappa shape index (κ3) is 3.90. The summed E-state index contributed by atoms with van der Waals surface area (Å²) >= 11 is 0. The smallest absolute Gasteiger partial charge is 0.317 e. The molecule has 0 fully saturated rings. The zero-order chi connectivity index (χ0) is 16.1. The molecule has 0 saturated carbocycles. The van der Waals surface area contributed by atoms with Crippen LogP contribution in [0.1, 0.15) is 24.8 Å². The maximum Gasteiger partial charge on any atom is 0.317 e. The molecule has 120 valence electrons. The minimum atomic E-state index is -0.905. The van der Waals surface area contributed by atoms with Crippen LogP contribution in [0, 0.1) is 5.92 Å². The molecule has 2 amide bonds. The van der Waals surface area contributed by atoms with Crippen molar-refractivity contribution in [1.82, 2.24) is 10.2 Å². The highest BCUT2D eigenvalue weighted by atomic mass is 16.5. The van der Waals surface area contributed by atoms with Gasteiger partial charge in [-0.1, -0.05) is 25.1 Å². The zero-order valence-electron chi connectivity index (χ0n) is 12.9. The molecule has 0 spiro atoms. The molecule has 1 aliphatic heterocycles. The average molecular weight is 306 g/mol. The number of urea groups is 1. The van der Waals surface area contributed by atoms with E-state index in [4.69, 9.17) is 9.84 Å². The average Bonchev–Trinajstić information content (AvgIpc) is 2.52. The topological polar surface area (TPSA) is 78.9 Å². The summed E-state index contributed by atoms with van der Waals surface area (Å²) in [6.07, 6.45) is 0.854. The van der Waals surface area contributed by atoms with E-state index >= 15 is 0 Å². The van der Waals surface area contributed by atoms with Crippen LogP contribution in [0.15, 0.2) is 24.3 Å². The number of carbonyl (C=O) groups excluding carboxylic acids is 1. The summed E-state index contributed by atoms with van der Waals surface area (Å²) in [4.78, 5) is 24.3. The lowest BCUT2D eigenvalue weighted by Gasteiger charge is -2.27. The van der Waals surface area contributed by atoms with Gasteiger partial charge >= 0.3 is 12.0 Å². The standard InChI is InChI=1S/C16H22N2O4/c1-11(15(19)20)10-18(2)16(21)17-9-12-7-8-22-14-6-4-3-5-13(12)14/h3-6,11-12H,7-10H2,1-2H3,(H,17,21)(H,19,20). The van der Waals surface area contributed by atoms with E-state index in [1.165, 1.54) is 4.90 Å². The molecule has 2 rings (SSSR count). The lowest BCUT2D eigenvalue weighted by Crippen LogP contribution is -2.42. The van der Waals surface area contributed by atoms with Gasteiger partial charge in [-0.25, -0.2) is 4.79 Å². The number of carboxylic acid groups (broad SMARTS) is 1. The first kappa shape index (κ1) is 16.1. The monoisotopic (exact) mass is 306 g/mol. The highest BCUT2D eigenvalue weighted by Gasteiger charge is 2.23. The highest BCUT2D eigenvalue weighted by Crippen LogP contribution is 2.32. The van der Waals surface area contributed by atoms with Crippen LogP contribution in [0.3, 0.4) is 0 Å². The van der Waals surface area contributed by atoms with Gasteiger partial charge in [0.25, 0.3) is 0 Å². The summed E-state index contributed by atoms with van der Waals surface area (Å²) in [7, 11) is 1.60. The van der Waals surface area contributed by atoms with Crippen LogP contribution in [-0.2, 0) is 4.79 Å². The second-order valence-electron chi connectivity index (χ2n) is 5.68. The van der Waals surface area contributed by atoms with E-state index in [0.29, 0.717) is 13.2 Å². The number of hydrogen-bond donors (Lipinski definition) is 2. The fourth-order valence-corrected chi connectivity index (χ4v) is 2.55. The molecule has 0 bridgehead atoms.